The fourth-order valence-electron chi connectivity index (χ4n) is 4.03. The van der Waals surface area contributed by atoms with E-state index in [1.54, 1.807) is 24.5 Å². The Morgan fingerprint density at radius 1 is 1.00 bits per heavy atom. The van der Waals surface area contributed by atoms with E-state index in [2.05, 4.69) is 4.98 Å². The van der Waals surface area contributed by atoms with E-state index in [0.717, 1.165) is 22.3 Å². The molecule has 5 nitrogen and oxygen atoms in total. The van der Waals surface area contributed by atoms with Crippen LogP contribution < -0.4 is 4.90 Å². The van der Waals surface area contributed by atoms with Crippen molar-refractivity contribution in [3.05, 3.63) is 107 Å². The lowest BCUT2D eigenvalue weighted by Crippen LogP contribution is -2.31. The molecule has 3 aromatic rings. The number of benzene rings is 2. The summed E-state index contributed by atoms with van der Waals surface area (Å²) in [4.78, 5) is 32.1. The predicted molar refractivity (Wildman–Crippen MR) is 120 cm³/mol. The Morgan fingerprint density at radius 2 is 1.71 bits per heavy atom. The van der Waals surface area contributed by atoms with Gasteiger partial charge in [-0.3, -0.25) is 19.5 Å². The summed E-state index contributed by atoms with van der Waals surface area (Å²) in [6.45, 7) is 3.91. The molecule has 1 amide bonds. The van der Waals surface area contributed by atoms with Crippen LogP contribution in [0.25, 0.3) is 0 Å². The molecular formula is C26H24N2O3. The van der Waals surface area contributed by atoms with Crippen molar-refractivity contribution in [2.24, 2.45) is 0 Å². The molecule has 1 N–H and O–H groups in total. The summed E-state index contributed by atoms with van der Waals surface area (Å²) in [6, 6.07) is 18.3. The zero-order chi connectivity index (χ0) is 22.0. The van der Waals surface area contributed by atoms with Crippen LogP contribution in [0.4, 0.5) is 5.69 Å². The number of rotatable bonds is 6. The van der Waals surface area contributed by atoms with Crippen LogP contribution in [0.3, 0.4) is 0 Å². The zero-order valence-electron chi connectivity index (χ0n) is 17.6. The van der Waals surface area contributed by atoms with Gasteiger partial charge in [0, 0.05) is 24.5 Å². The van der Waals surface area contributed by atoms with Gasteiger partial charge in [-0.1, -0.05) is 42.5 Å². The van der Waals surface area contributed by atoms with E-state index in [1.165, 1.54) is 4.90 Å². The molecule has 1 atom stereocenters. The van der Waals surface area contributed by atoms with Crippen LogP contribution in [0, 0.1) is 13.8 Å². The molecule has 1 aliphatic rings. The number of aliphatic hydroxyl groups excluding tert-OH is 1. The van der Waals surface area contributed by atoms with Gasteiger partial charge >= 0.3 is 0 Å². The first-order chi connectivity index (χ1) is 15.0. The molecule has 0 fully saturated rings. The van der Waals surface area contributed by atoms with Crippen LogP contribution in [0.1, 0.15) is 34.7 Å². The second-order valence-electron chi connectivity index (χ2n) is 7.75. The fraction of sp³-hybridized carbons (Fsp3) is 0.192. The number of nitrogens with zero attached hydrogens (tertiary/aromatic N) is 2. The van der Waals surface area contributed by atoms with Crippen LogP contribution in [0.2, 0.25) is 0 Å². The average Bonchev–Trinajstić information content (AvgIpc) is 3.06. The largest absolute Gasteiger partial charge is 0.503 e. The molecular weight excluding hydrogens is 388 g/mol. The number of Topliss-reactive ketones (excluding diaryl/α,β-unsaturated/α-hetero) is 1. The minimum Gasteiger partial charge on any atom is -0.503 e. The molecule has 1 aliphatic heterocycles. The molecule has 2 aromatic carbocycles. The van der Waals surface area contributed by atoms with Crippen LogP contribution in [0.5, 0.6) is 0 Å². The second kappa shape index (κ2) is 8.56. The summed E-state index contributed by atoms with van der Waals surface area (Å²) < 4.78 is 0. The van der Waals surface area contributed by atoms with Gasteiger partial charge in [-0.2, -0.15) is 0 Å². The van der Waals surface area contributed by atoms with E-state index >= 15 is 0 Å². The number of carbonyl (C=O) groups excluding carboxylic acids is 2. The lowest BCUT2D eigenvalue weighted by atomic mass is 9.93. The van der Waals surface area contributed by atoms with Crippen molar-refractivity contribution >= 4 is 17.4 Å². The van der Waals surface area contributed by atoms with Gasteiger partial charge in [-0.15, -0.1) is 0 Å². The number of aromatic nitrogens is 1. The summed E-state index contributed by atoms with van der Waals surface area (Å²) >= 11 is 0. The number of pyridine rings is 1. The Balaban J connectivity index is 1.75. The van der Waals surface area contributed by atoms with Crippen molar-refractivity contribution < 1.29 is 14.7 Å². The maximum Gasteiger partial charge on any atom is 0.294 e. The topological polar surface area (TPSA) is 70.5 Å². The predicted octanol–water partition coefficient (Wildman–Crippen LogP) is 4.80. The maximum absolute atomic E-state index is 13.3. The van der Waals surface area contributed by atoms with E-state index in [0.29, 0.717) is 12.1 Å². The minimum absolute atomic E-state index is 0.146. The first-order valence-corrected chi connectivity index (χ1v) is 10.3. The lowest BCUT2D eigenvalue weighted by molar-refractivity contribution is -0.118. The highest BCUT2D eigenvalue weighted by atomic mass is 16.3. The van der Waals surface area contributed by atoms with Gasteiger partial charge < -0.3 is 5.11 Å². The van der Waals surface area contributed by atoms with Crippen LogP contribution in [0.15, 0.2) is 84.4 Å². The normalized spacial score (nSPS) is 16.1. The minimum atomic E-state index is -0.695. The number of carbonyl (C=O) groups is 2. The van der Waals surface area contributed by atoms with Crippen LogP contribution >= 0.6 is 0 Å². The van der Waals surface area contributed by atoms with E-state index < -0.39 is 17.7 Å². The van der Waals surface area contributed by atoms with Crippen LogP contribution in [-0.4, -0.2) is 21.8 Å². The molecule has 0 radical (unpaired) electrons. The van der Waals surface area contributed by atoms with Crippen molar-refractivity contribution in [3.63, 3.8) is 0 Å². The number of aryl methyl sites for hydroxylation is 2. The molecule has 1 unspecified atom stereocenters. The van der Waals surface area contributed by atoms with Gasteiger partial charge in [0.1, 0.15) is 0 Å². The Bertz CT molecular complexity index is 1150. The van der Waals surface area contributed by atoms with Gasteiger partial charge in [0.15, 0.2) is 11.5 Å². The lowest BCUT2D eigenvalue weighted by Gasteiger charge is -2.28. The van der Waals surface area contributed by atoms with Gasteiger partial charge in [0.05, 0.1) is 11.6 Å². The molecule has 0 saturated carbocycles. The van der Waals surface area contributed by atoms with E-state index in [1.807, 2.05) is 62.4 Å². The first-order valence-electron chi connectivity index (χ1n) is 10.3. The number of ketones is 1. The molecule has 0 bridgehead atoms. The van der Waals surface area contributed by atoms with Crippen molar-refractivity contribution in [2.75, 3.05) is 4.90 Å². The Labute approximate surface area is 181 Å². The quantitative estimate of drug-likeness (QED) is 0.631. The maximum atomic E-state index is 13.3. The number of amides is 1. The summed E-state index contributed by atoms with van der Waals surface area (Å²) in [5, 5.41) is 10.8. The van der Waals surface area contributed by atoms with E-state index in [4.69, 9.17) is 0 Å². The zero-order valence-corrected chi connectivity index (χ0v) is 17.6. The number of hydrogen-bond acceptors (Lipinski definition) is 4. The third kappa shape index (κ3) is 3.87. The van der Waals surface area contributed by atoms with E-state index in [-0.39, 0.29) is 17.8 Å². The SMILES string of the molecule is Cc1cccc(N2C(=O)C(O)=C(C(=O)CCc3ccccc3)C2c2ccncc2)c1C. The van der Waals surface area contributed by atoms with E-state index in [9.17, 15) is 14.7 Å². The fourth-order valence-corrected chi connectivity index (χ4v) is 4.03. The number of aliphatic hydroxyl groups is 1. The molecule has 0 spiro atoms. The van der Waals surface area contributed by atoms with Gasteiger partial charge in [-0.25, -0.2) is 0 Å². The van der Waals surface area contributed by atoms with Gasteiger partial charge in [0.2, 0.25) is 0 Å². The molecule has 156 valence electrons. The molecule has 0 aliphatic carbocycles. The third-order valence-corrected chi connectivity index (χ3v) is 5.85. The highest BCUT2D eigenvalue weighted by Crippen LogP contribution is 2.42. The van der Waals surface area contributed by atoms with Crippen molar-refractivity contribution in [2.45, 2.75) is 32.7 Å². The first kappa shape index (κ1) is 20.5. The monoisotopic (exact) mass is 412 g/mol. The Kier molecular flexibility index (Phi) is 5.67. The summed E-state index contributed by atoms with van der Waals surface area (Å²) in [7, 11) is 0. The van der Waals surface area contributed by atoms with Crippen molar-refractivity contribution in [1.29, 1.82) is 0 Å². The highest BCUT2D eigenvalue weighted by molar-refractivity contribution is 6.16. The molecule has 5 heteroatoms. The molecule has 4 rings (SSSR count). The second-order valence-corrected chi connectivity index (χ2v) is 7.75. The highest BCUT2D eigenvalue weighted by Gasteiger charge is 2.44. The number of anilines is 1. The smallest absolute Gasteiger partial charge is 0.294 e. The Morgan fingerprint density at radius 3 is 2.42 bits per heavy atom. The standard InChI is InChI=1S/C26H24N2O3/c1-17-7-6-10-21(18(17)2)28-24(20-13-15-27-16-14-20)23(25(30)26(28)31)22(29)12-11-19-8-4-3-5-9-19/h3-10,13-16,24,30H,11-12H2,1-2H3. The summed E-state index contributed by atoms with van der Waals surface area (Å²) in [6.07, 6.45) is 4.00. The van der Waals surface area contributed by atoms with Gasteiger partial charge in [0.25, 0.3) is 5.91 Å². The average molecular weight is 412 g/mol. The Hall–Kier alpha value is -3.73. The molecule has 2 heterocycles. The van der Waals surface area contributed by atoms with Gasteiger partial charge in [-0.05, 0) is 60.7 Å². The number of hydrogen-bond donors (Lipinski definition) is 1. The summed E-state index contributed by atoms with van der Waals surface area (Å²) in [5.74, 6) is -1.26. The van der Waals surface area contributed by atoms with Crippen molar-refractivity contribution in [3.8, 4) is 0 Å². The molecule has 0 saturated heterocycles. The molecule has 1 aromatic heterocycles. The third-order valence-electron chi connectivity index (χ3n) is 5.85. The summed E-state index contributed by atoms with van der Waals surface area (Å²) in [5.41, 5.74) is 4.56. The molecule has 31 heavy (non-hydrogen) atoms. The van der Waals surface area contributed by atoms with Crippen LogP contribution in [-0.2, 0) is 16.0 Å². The van der Waals surface area contributed by atoms with Crippen molar-refractivity contribution in [1.82, 2.24) is 4.98 Å².